The van der Waals surface area contributed by atoms with E-state index in [1.54, 1.807) is 24.3 Å². The number of hydrogen-bond acceptors (Lipinski definition) is 4. The van der Waals surface area contributed by atoms with Gasteiger partial charge in [0.15, 0.2) is 0 Å². The van der Waals surface area contributed by atoms with Gasteiger partial charge in [0.2, 0.25) is 5.13 Å². The number of benzene rings is 3. The number of nitrogens with zero attached hydrogens (tertiary/aromatic N) is 2. The van der Waals surface area contributed by atoms with Gasteiger partial charge in [0.25, 0.3) is 0 Å². The molecule has 0 aliphatic rings. The molecular weight excluding hydrogens is 404 g/mol. The number of amides is 2. The van der Waals surface area contributed by atoms with Crippen LogP contribution in [0.2, 0.25) is 5.02 Å². The molecule has 0 radical (unpaired) electrons. The van der Waals surface area contributed by atoms with E-state index >= 15 is 0 Å². The molecule has 144 valence electrons. The molecule has 0 atom stereocenters. The molecule has 0 saturated carbocycles. The van der Waals surface area contributed by atoms with Crippen LogP contribution in [0.1, 0.15) is 22.1 Å². The van der Waals surface area contributed by atoms with E-state index in [-0.39, 0.29) is 5.92 Å². The summed E-state index contributed by atoms with van der Waals surface area (Å²) in [5, 5.41) is 15.8. The summed E-state index contributed by atoms with van der Waals surface area (Å²) >= 11 is 7.30. The topological polar surface area (TPSA) is 66.9 Å². The van der Waals surface area contributed by atoms with Gasteiger partial charge >= 0.3 is 6.03 Å². The minimum atomic E-state index is -0.397. The summed E-state index contributed by atoms with van der Waals surface area (Å²) in [5.74, 6) is -0.0542. The minimum absolute atomic E-state index is 0.0542. The minimum Gasteiger partial charge on any atom is -0.308 e. The van der Waals surface area contributed by atoms with Crippen LogP contribution in [0.5, 0.6) is 0 Å². The maximum absolute atomic E-state index is 12.3. The second-order valence-electron chi connectivity index (χ2n) is 6.29. The summed E-state index contributed by atoms with van der Waals surface area (Å²) < 4.78 is 0. The number of urea groups is 1. The van der Waals surface area contributed by atoms with Gasteiger partial charge in [0, 0.05) is 10.7 Å². The quantitative estimate of drug-likeness (QED) is 0.415. The van der Waals surface area contributed by atoms with E-state index in [0.29, 0.717) is 15.8 Å². The fraction of sp³-hybridized carbons (Fsp3) is 0.0455. The molecule has 2 amide bonds. The lowest BCUT2D eigenvalue weighted by molar-refractivity contribution is 0.262. The number of halogens is 1. The van der Waals surface area contributed by atoms with Crippen molar-refractivity contribution in [1.82, 2.24) is 10.2 Å². The molecule has 4 rings (SSSR count). The molecular formula is C22H17ClN4OS. The van der Waals surface area contributed by atoms with Crippen molar-refractivity contribution in [3.05, 3.63) is 106 Å². The van der Waals surface area contributed by atoms with Crippen molar-refractivity contribution in [2.45, 2.75) is 5.92 Å². The largest absolute Gasteiger partial charge is 0.325 e. The predicted molar refractivity (Wildman–Crippen MR) is 118 cm³/mol. The second-order valence-corrected chi connectivity index (χ2v) is 7.73. The second kappa shape index (κ2) is 8.86. The highest BCUT2D eigenvalue weighted by Gasteiger charge is 2.21. The first-order valence-corrected chi connectivity index (χ1v) is 10.2. The van der Waals surface area contributed by atoms with Crippen molar-refractivity contribution < 1.29 is 4.79 Å². The highest BCUT2D eigenvalue weighted by molar-refractivity contribution is 7.15. The Labute approximate surface area is 177 Å². The van der Waals surface area contributed by atoms with Crippen LogP contribution >= 0.6 is 22.9 Å². The fourth-order valence-electron chi connectivity index (χ4n) is 3.00. The van der Waals surface area contributed by atoms with E-state index < -0.39 is 6.03 Å². The number of anilines is 2. The van der Waals surface area contributed by atoms with E-state index in [0.717, 1.165) is 16.1 Å². The van der Waals surface area contributed by atoms with Gasteiger partial charge in [-0.05, 0) is 29.3 Å². The molecule has 0 aliphatic heterocycles. The van der Waals surface area contributed by atoms with E-state index in [1.165, 1.54) is 11.3 Å². The van der Waals surface area contributed by atoms with Crippen LogP contribution < -0.4 is 10.6 Å². The average Bonchev–Trinajstić information content (AvgIpc) is 3.17. The van der Waals surface area contributed by atoms with E-state index in [2.05, 4.69) is 45.1 Å². The number of rotatable bonds is 5. The summed E-state index contributed by atoms with van der Waals surface area (Å²) in [6.45, 7) is 0. The zero-order chi connectivity index (χ0) is 20.1. The van der Waals surface area contributed by atoms with Crippen molar-refractivity contribution in [2.75, 3.05) is 10.6 Å². The third-order valence-electron chi connectivity index (χ3n) is 4.26. The third-order valence-corrected chi connectivity index (χ3v) is 5.39. The predicted octanol–water partition coefficient (Wildman–Crippen LogP) is 6.02. The monoisotopic (exact) mass is 420 g/mol. The highest BCUT2D eigenvalue weighted by atomic mass is 35.5. The molecule has 4 aromatic rings. The molecule has 2 N–H and O–H groups in total. The molecule has 3 aromatic carbocycles. The first-order chi connectivity index (χ1) is 14.2. The normalized spacial score (nSPS) is 10.7. The van der Waals surface area contributed by atoms with Gasteiger partial charge in [-0.25, -0.2) is 4.79 Å². The van der Waals surface area contributed by atoms with Gasteiger partial charge in [-0.3, -0.25) is 5.32 Å². The molecule has 5 nitrogen and oxygen atoms in total. The van der Waals surface area contributed by atoms with Crippen molar-refractivity contribution in [1.29, 1.82) is 0 Å². The van der Waals surface area contributed by atoms with Crippen molar-refractivity contribution >= 4 is 39.8 Å². The molecule has 7 heteroatoms. The Balaban J connectivity index is 1.55. The highest BCUT2D eigenvalue weighted by Crippen LogP contribution is 2.34. The standard InChI is InChI=1S/C22H17ClN4OS/c23-17-12-7-13-18(14-17)24-21(28)25-22-27-26-20(29-22)19(15-8-3-1-4-9-15)16-10-5-2-6-11-16/h1-14,19H,(H2,24,25,27,28). The Kier molecular flexibility index (Phi) is 5.84. The Morgan fingerprint density at radius 2 is 1.48 bits per heavy atom. The van der Waals surface area contributed by atoms with Crippen LogP contribution in [0.15, 0.2) is 84.9 Å². The number of carbonyl (C=O) groups is 1. The molecule has 0 bridgehead atoms. The zero-order valence-electron chi connectivity index (χ0n) is 15.2. The first kappa shape index (κ1) is 19.1. The number of carbonyl (C=O) groups excluding carboxylic acids is 1. The van der Waals surface area contributed by atoms with Gasteiger partial charge in [0.05, 0.1) is 5.92 Å². The van der Waals surface area contributed by atoms with E-state index in [4.69, 9.17) is 11.6 Å². The maximum atomic E-state index is 12.3. The molecule has 29 heavy (non-hydrogen) atoms. The fourth-order valence-corrected chi connectivity index (χ4v) is 4.08. The molecule has 0 unspecified atom stereocenters. The summed E-state index contributed by atoms with van der Waals surface area (Å²) in [7, 11) is 0. The van der Waals surface area contributed by atoms with Crippen molar-refractivity contribution in [3.8, 4) is 0 Å². The van der Waals surface area contributed by atoms with Crippen LogP contribution in [-0.4, -0.2) is 16.2 Å². The van der Waals surface area contributed by atoms with Crippen LogP contribution in [0.3, 0.4) is 0 Å². The summed E-state index contributed by atoms with van der Waals surface area (Å²) in [6, 6.07) is 26.8. The third kappa shape index (κ3) is 4.80. The zero-order valence-corrected chi connectivity index (χ0v) is 16.8. The summed E-state index contributed by atoms with van der Waals surface area (Å²) in [6.07, 6.45) is 0. The Bertz CT molecular complexity index is 1060. The lowest BCUT2D eigenvalue weighted by atomic mass is 9.92. The molecule has 0 saturated heterocycles. The van der Waals surface area contributed by atoms with Crippen LogP contribution in [-0.2, 0) is 0 Å². The van der Waals surface area contributed by atoms with Crippen LogP contribution in [0, 0.1) is 0 Å². The Morgan fingerprint density at radius 3 is 2.10 bits per heavy atom. The average molecular weight is 421 g/mol. The molecule has 0 aliphatic carbocycles. The first-order valence-electron chi connectivity index (χ1n) is 8.96. The molecule has 0 spiro atoms. The van der Waals surface area contributed by atoms with Crippen LogP contribution in [0.25, 0.3) is 0 Å². The maximum Gasteiger partial charge on any atom is 0.325 e. The van der Waals surface area contributed by atoms with Gasteiger partial charge in [-0.15, -0.1) is 10.2 Å². The van der Waals surface area contributed by atoms with Gasteiger partial charge < -0.3 is 5.32 Å². The smallest absolute Gasteiger partial charge is 0.308 e. The summed E-state index contributed by atoms with van der Waals surface area (Å²) in [5.41, 5.74) is 2.83. The van der Waals surface area contributed by atoms with Crippen molar-refractivity contribution in [2.24, 2.45) is 0 Å². The lowest BCUT2D eigenvalue weighted by Gasteiger charge is -2.14. The number of nitrogens with one attached hydrogen (secondary N) is 2. The van der Waals surface area contributed by atoms with Gasteiger partial charge in [0.1, 0.15) is 5.01 Å². The van der Waals surface area contributed by atoms with E-state index in [1.807, 2.05) is 36.4 Å². The number of aromatic nitrogens is 2. The summed E-state index contributed by atoms with van der Waals surface area (Å²) in [4.78, 5) is 12.3. The Morgan fingerprint density at radius 1 is 0.828 bits per heavy atom. The molecule has 0 fully saturated rings. The van der Waals surface area contributed by atoms with Gasteiger partial charge in [-0.2, -0.15) is 0 Å². The lowest BCUT2D eigenvalue weighted by Crippen LogP contribution is -2.19. The Hall–Kier alpha value is -3.22. The SMILES string of the molecule is O=C(Nc1cccc(Cl)c1)Nc1nnc(C(c2ccccc2)c2ccccc2)s1. The molecule has 1 heterocycles. The molecule has 1 aromatic heterocycles. The van der Waals surface area contributed by atoms with Crippen LogP contribution in [0.4, 0.5) is 15.6 Å². The number of hydrogen-bond donors (Lipinski definition) is 2. The van der Waals surface area contributed by atoms with Crippen molar-refractivity contribution in [3.63, 3.8) is 0 Å². The van der Waals surface area contributed by atoms with Gasteiger partial charge in [-0.1, -0.05) is 89.7 Å². The van der Waals surface area contributed by atoms with E-state index in [9.17, 15) is 4.79 Å².